The second-order valence-electron chi connectivity index (χ2n) is 2.93. The molecule has 0 bridgehead atoms. The fourth-order valence-corrected chi connectivity index (χ4v) is 1.36. The second kappa shape index (κ2) is 6.55. The van der Waals surface area contributed by atoms with Crippen LogP contribution in [0.3, 0.4) is 0 Å². The largest absolute Gasteiger partial charge is 0.333 e. The van der Waals surface area contributed by atoms with Crippen LogP contribution in [-0.2, 0) is 46.9 Å². The molecule has 0 aromatic carbocycles. The molecule has 2 unspecified atom stereocenters. The molecule has 64 valence electrons. The summed E-state index contributed by atoms with van der Waals surface area (Å²) in [6.45, 7) is 5.78. The Morgan fingerprint density at radius 2 is 1.91 bits per heavy atom. The monoisotopic (exact) mass is 493 g/mol. The summed E-state index contributed by atoms with van der Waals surface area (Å²) in [6, 6.07) is 0. The maximum absolute atomic E-state index is 11.1. The van der Waals surface area contributed by atoms with Gasteiger partial charge in [-0.15, -0.1) is 5.92 Å². The summed E-state index contributed by atoms with van der Waals surface area (Å²) < 4.78 is 0. The van der Waals surface area contributed by atoms with Crippen LogP contribution in [0, 0.1) is 18.8 Å². The Kier molecular flexibility index (Phi) is 8.67. The van der Waals surface area contributed by atoms with Crippen molar-refractivity contribution in [3.05, 3.63) is 6.92 Å². The molecule has 1 aliphatic carbocycles. The van der Waals surface area contributed by atoms with Crippen molar-refractivity contribution < 1.29 is 46.9 Å². The normalized spacial score (nSPS) is 30.2. The average Bonchev–Trinajstić information content (AvgIpc) is 1.83. The smallest absolute Gasteiger partial charge is 0.109 e. The van der Waals surface area contributed by atoms with Gasteiger partial charge in [-0.2, -0.15) is 0 Å². The molecule has 11 heavy (non-hydrogen) atoms. The molecule has 0 radical (unpaired) electrons. The van der Waals surface area contributed by atoms with E-state index in [1.165, 1.54) is 6.42 Å². The molecule has 1 aliphatic rings. The van der Waals surface area contributed by atoms with E-state index < -0.39 is 0 Å². The maximum atomic E-state index is 11.1. The number of hydrogen-bond donors (Lipinski definition) is 0. The molecular formula is C8H13OW2-. The summed E-state index contributed by atoms with van der Waals surface area (Å²) in [5.41, 5.74) is 0. The first-order valence-corrected chi connectivity index (χ1v) is 3.58. The van der Waals surface area contributed by atoms with Gasteiger partial charge in [-0.1, -0.05) is 19.8 Å². The van der Waals surface area contributed by atoms with Gasteiger partial charge >= 0.3 is 0 Å². The maximum Gasteiger partial charge on any atom is 0.109 e. The first-order chi connectivity index (χ1) is 4.22. The van der Waals surface area contributed by atoms with Crippen molar-refractivity contribution in [1.29, 1.82) is 0 Å². The van der Waals surface area contributed by atoms with Gasteiger partial charge in [0.15, 0.2) is 0 Å². The topological polar surface area (TPSA) is 17.1 Å². The van der Waals surface area contributed by atoms with Gasteiger partial charge in [0.05, 0.1) is 0 Å². The zero-order valence-corrected chi connectivity index (χ0v) is 12.6. The average molecular weight is 493 g/mol. The molecule has 1 rings (SSSR count). The standard InChI is InChI=1S/C8H13O.2W/c1-6-4-3-5-7(2)8(6)9;;/h6-7H,1,3-5H2,2H3;;/q-1;;. The van der Waals surface area contributed by atoms with Crippen LogP contribution in [0.2, 0.25) is 0 Å². The predicted molar refractivity (Wildman–Crippen MR) is 36.9 cm³/mol. The summed E-state index contributed by atoms with van der Waals surface area (Å²) in [7, 11) is 0. The molecule has 0 aromatic heterocycles. The molecule has 0 amide bonds. The summed E-state index contributed by atoms with van der Waals surface area (Å²) in [5, 5.41) is 0. The summed E-state index contributed by atoms with van der Waals surface area (Å²) in [4.78, 5) is 11.1. The Labute approximate surface area is 97.2 Å². The van der Waals surface area contributed by atoms with Crippen LogP contribution in [0.15, 0.2) is 0 Å². The van der Waals surface area contributed by atoms with Crippen LogP contribution >= 0.6 is 0 Å². The Bertz CT molecular complexity index is 113. The van der Waals surface area contributed by atoms with Gasteiger partial charge in [0.25, 0.3) is 0 Å². The Morgan fingerprint density at radius 3 is 2.27 bits per heavy atom. The summed E-state index contributed by atoms with van der Waals surface area (Å²) >= 11 is 0. The quantitative estimate of drug-likeness (QED) is 0.472. The molecule has 0 aromatic rings. The van der Waals surface area contributed by atoms with Crippen LogP contribution in [0.4, 0.5) is 0 Å². The molecule has 3 heteroatoms. The van der Waals surface area contributed by atoms with Gasteiger partial charge in [-0.25, -0.2) is 0 Å². The Balaban J connectivity index is 0. The van der Waals surface area contributed by atoms with E-state index >= 15 is 0 Å². The molecule has 0 spiro atoms. The molecule has 1 fully saturated rings. The van der Waals surface area contributed by atoms with Crippen LogP contribution < -0.4 is 0 Å². The van der Waals surface area contributed by atoms with Crippen LogP contribution in [0.25, 0.3) is 0 Å². The number of hydrogen-bond acceptors (Lipinski definition) is 1. The van der Waals surface area contributed by atoms with Crippen LogP contribution in [-0.4, -0.2) is 5.78 Å². The molecule has 0 saturated heterocycles. The molecular weight excluding hydrogens is 480 g/mol. The Hall–Kier alpha value is 1.05. The van der Waals surface area contributed by atoms with Gasteiger partial charge in [0, 0.05) is 48.0 Å². The van der Waals surface area contributed by atoms with E-state index in [-0.39, 0.29) is 54.0 Å². The number of rotatable bonds is 0. The minimum absolute atomic E-state index is 0. The van der Waals surface area contributed by atoms with Crippen molar-refractivity contribution in [2.75, 3.05) is 0 Å². The first-order valence-electron chi connectivity index (χ1n) is 3.58. The van der Waals surface area contributed by atoms with Gasteiger partial charge in [-0.05, 0) is 6.42 Å². The molecule has 0 N–H and O–H groups in total. The SMILES string of the molecule is [CH2-]C1CCCC(C)C1=O.[W].[W]. The van der Waals surface area contributed by atoms with Crippen LogP contribution in [0.5, 0.6) is 0 Å². The van der Waals surface area contributed by atoms with E-state index in [1.807, 2.05) is 6.92 Å². The van der Waals surface area contributed by atoms with Gasteiger partial charge in [-0.3, -0.25) is 0 Å². The summed E-state index contributed by atoms with van der Waals surface area (Å²) in [6.07, 6.45) is 3.26. The van der Waals surface area contributed by atoms with E-state index in [0.29, 0.717) is 5.78 Å². The fraction of sp³-hybridized carbons (Fsp3) is 0.750. The number of ketones is 1. The first kappa shape index (κ1) is 14.6. The Morgan fingerprint density at radius 1 is 1.36 bits per heavy atom. The van der Waals surface area contributed by atoms with Gasteiger partial charge < -0.3 is 11.7 Å². The molecule has 0 heterocycles. The third-order valence-corrected chi connectivity index (χ3v) is 2.08. The van der Waals surface area contributed by atoms with E-state index in [2.05, 4.69) is 6.92 Å². The minimum Gasteiger partial charge on any atom is -0.333 e. The van der Waals surface area contributed by atoms with Crippen LogP contribution in [0.1, 0.15) is 26.2 Å². The number of carbonyl (C=O) groups is 1. The van der Waals surface area contributed by atoms with Crippen molar-refractivity contribution in [3.63, 3.8) is 0 Å². The van der Waals surface area contributed by atoms with Crippen molar-refractivity contribution in [1.82, 2.24) is 0 Å². The predicted octanol–water partition coefficient (Wildman–Crippen LogP) is 1.82. The minimum atomic E-state index is 0. The molecule has 2 atom stereocenters. The second-order valence-corrected chi connectivity index (χ2v) is 2.93. The molecule has 1 saturated carbocycles. The fourth-order valence-electron chi connectivity index (χ4n) is 1.36. The van der Waals surface area contributed by atoms with Crippen molar-refractivity contribution in [3.8, 4) is 0 Å². The zero-order chi connectivity index (χ0) is 6.85. The molecule has 1 nitrogen and oxygen atoms in total. The number of carbonyl (C=O) groups excluding carboxylic acids is 1. The van der Waals surface area contributed by atoms with Gasteiger partial charge in [0.2, 0.25) is 0 Å². The number of Topliss-reactive ketones (excluding diaryl/α,β-unsaturated/α-hetero) is 1. The van der Waals surface area contributed by atoms with E-state index in [0.717, 1.165) is 12.8 Å². The third-order valence-electron chi connectivity index (χ3n) is 2.08. The van der Waals surface area contributed by atoms with Gasteiger partial charge in [0.1, 0.15) is 5.78 Å². The van der Waals surface area contributed by atoms with E-state index in [1.54, 1.807) is 0 Å². The molecule has 0 aliphatic heterocycles. The van der Waals surface area contributed by atoms with E-state index in [9.17, 15) is 4.79 Å². The third kappa shape index (κ3) is 3.99. The van der Waals surface area contributed by atoms with Crippen molar-refractivity contribution >= 4 is 5.78 Å². The van der Waals surface area contributed by atoms with Crippen molar-refractivity contribution in [2.45, 2.75) is 26.2 Å². The zero-order valence-electron chi connectivity index (χ0n) is 6.71. The van der Waals surface area contributed by atoms with Crippen molar-refractivity contribution in [2.24, 2.45) is 11.8 Å². The summed E-state index contributed by atoms with van der Waals surface area (Å²) in [5.74, 6) is 0.733. The van der Waals surface area contributed by atoms with E-state index in [4.69, 9.17) is 0 Å².